The molecule has 0 spiro atoms. The Kier molecular flexibility index (Phi) is 7.36. The third-order valence-electron chi connectivity index (χ3n) is 5.35. The van der Waals surface area contributed by atoms with E-state index in [2.05, 4.69) is 4.98 Å². The average molecular weight is 494 g/mol. The Labute approximate surface area is 206 Å². The highest BCUT2D eigenvalue weighted by atomic mass is 35.5. The highest BCUT2D eigenvalue weighted by Crippen LogP contribution is 2.35. The van der Waals surface area contributed by atoms with Gasteiger partial charge in [-0.2, -0.15) is 0 Å². The van der Waals surface area contributed by atoms with Gasteiger partial charge in [-0.1, -0.05) is 59.6 Å². The van der Waals surface area contributed by atoms with Gasteiger partial charge in [-0.25, -0.2) is 4.79 Å². The van der Waals surface area contributed by atoms with Gasteiger partial charge >= 0.3 is 5.97 Å². The second kappa shape index (κ2) is 10.6. The van der Waals surface area contributed by atoms with Gasteiger partial charge in [-0.05, 0) is 36.4 Å². The molecule has 0 saturated heterocycles. The number of esters is 1. The van der Waals surface area contributed by atoms with Crippen LogP contribution in [-0.4, -0.2) is 24.7 Å². The van der Waals surface area contributed by atoms with Gasteiger partial charge in [-0.3, -0.25) is 4.79 Å². The molecule has 0 aliphatic carbocycles. The van der Waals surface area contributed by atoms with Gasteiger partial charge in [-0.15, -0.1) is 0 Å². The molecule has 7 heteroatoms. The van der Waals surface area contributed by atoms with Crippen molar-refractivity contribution in [3.05, 3.63) is 104 Å². The fraction of sp³-hybridized carbons (Fsp3) is 0.111. The molecule has 0 fully saturated rings. The molecule has 0 amide bonds. The van der Waals surface area contributed by atoms with Crippen LogP contribution in [0.1, 0.15) is 11.1 Å². The molecule has 0 unspecified atom stereocenters. The molecule has 0 aliphatic heterocycles. The Morgan fingerprint density at radius 1 is 1.03 bits per heavy atom. The predicted octanol–water partition coefficient (Wildman–Crippen LogP) is 6.31. The molecule has 1 N–H and O–H groups in total. The van der Waals surface area contributed by atoms with E-state index < -0.39 is 5.97 Å². The topological polar surface area (TPSA) is 68.4 Å². The Hall–Kier alpha value is -3.54. The number of fused-ring (bicyclic) bond motifs is 1. The summed E-state index contributed by atoms with van der Waals surface area (Å²) in [5, 5.41) is 1.80. The third kappa shape index (κ3) is 5.16. The molecule has 1 aromatic heterocycles. The zero-order valence-corrected chi connectivity index (χ0v) is 19.8. The molecule has 1 heterocycles. The molecule has 0 bridgehead atoms. The van der Waals surface area contributed by atoms with Crippen molar-refractivity contribution in [1.82, 2.24) is 4.98 Å². The standard InChI is InChI=1S/C27H21Cl2NO4/c1-33-24-9-5-2-6-17(24)10-13-25(31)34-15-14-20-26(19-7-3-4-8-22(19)29)21-16-18(28)11-12-23(21)30-27(20)32/h2-13,16H,14-15H2,1H3,(H,30,32)/b13-10+. The number of hydrogen-bond acceptors (Lipinski definition) is 4. The van der Waals surface area contributed by atoms with Crippen molar-refractivity contribution in [2.24, 2.45) is 0 Å². The molecule has 0 radical (unpaired) electrons. The Bertz CT molecular complexity index is 1440. The van der Waals surface area contributed by atoms with Gasteiger partial charge < -0.3 is 14.5 Å². The molecule has 4 aromatic rings. The van der Waals surface area contributed by atoms with Crippen molar-refractivity contribution in [3.63, 3.8) is 0 Å². The Morgan fingerprint density at radius 3 is 2.59 bits per heavy atom. The summed E-state index contributed by atoms with van der Waals surface area (Å²) in [4.78, 5) is 28.2. The number of carbonyl (C=O) groups is 1. The van der Waals surface area contributed by atoms with Crippen molar-refractivity contribution in [2.45, 2.75) is 6.42 Å². The largest absolute Gasteiger partial charge is 0.496 e. The molecule has 0 saturated carbocycles. The normalized spacial score (nSPS) is 11.1. The van der Waals surface area contributed by atoms with Crippen molar-refractivity contribution in [2.75, 3.05) is 13.7 Å². The van der Waals surface area contributed by atoms with Gasteiger partial charge in [0, 0.05) is 55.7 Å². The van der Waals surface area contributed by atoms with Crippen LogP contribution in [0.5, 0.6) is 5.75 Å². The number of carbonyl (C=O) groups excluding carboxylic acids is 1. The fourth-order valence-electron chi connectivity index (χ4n) is 3.78. The number of nitrogens with one attached hydrogen (secondary N) is 1. The zero-order chi connectivity index (χ0) is 24.1. The van der Waals surface area contributed by atoms with Gasteiger partial charge in [0.05, 0.1) is 13.7 Å². The summed E-state index contributed by atoms with van der Waals surface area (Å²) in [7, 11) is 1.57. The lowest BCUT2D eigenvalue weighted by Gasteiger charge is -2.14. The van der Waals surface area contributed by atoms with Crippen LogP contribution in [0.4, 0.5) is 0 Å². The molecule has 3 aromatic carbocycles. The molecular weight excluding hydrogens is 473 g/mol. The first kappa shape index (κ1) is 23.6. The maximum atomic E-state index is 13.0. The van der Waals surface area contributed by atoms with E-state index in [0.29, 0.717) is 38.0 Å². The van der Waals surface area contributed by atoms with Gasteiger partial charge in [0.2, 0.25) is 0 Å². The second-order valence-corrected chi connectivity index (χ2v) is 8.31. The molecule has 0 atom stereocenters. The van der Waals surface area contributed by atoms with Crippen LogP contribution < -0.4 is 10.3 Å². The van der Waals surface area contributed by atoms with E-state index in [1.165, 1.54) is 6.08 Å². The highest BCUT2D eigenvalue weighted by molar-refractivity contribution is 6.34. The van der Waals surface area contributed by atoms with E-state index in [4.69, 9.17) is 32.7 Å². The van der Waals surface area contributed by atoms with Crippen LogP contribution in [0.15, 0.2) is 77.6 Å². The van der Waals surface area contributed by atoms with E-state index >= 15 is 0 Å². The van der Waals surface area contributed by atoms with E-state index in [1.807, 2.05) is 36.4 Å². The monoisotopic (exact) mass is 493 g/mol. The average Bonchev–Trinajstić information content (AvgIpc) is 2.84. The van der Waals surface area contributed by atoms with E-state index in [1.54, 1.807) is 43.5 Å². The number of pyridine rings is 1. The number of aromatic nitrogens is 1. The minimum Gasteiger partial charge on any atom is -0.496 e. The number of benzene rings is 3. The second-order valence-electron chi connectivity index (χ2n) is 7.47. The first-order valence-electron chi connectivity index (χ1n) is 10.5. The summed E-state index contributed by atoms with van der Waals surface area (Å²) < 4.78 is 10.7. The Balaban J connectivity index is 1.61. The summed E-state index contributed by atoms with van der Waals surface area (Å²) in [5.41, 5.74) is 2.97. The van der Waals surface area contributed by atoms with E-state index in [-0.39, 0.29) is 18.6 Å². The lowest BCUT2D eigenvalue weighted by molar-refractivity contribution is -0.137. The highest BCUT2D eigenvalue weighted by Gasteiger charge is 2.17. The number of halogens is 2. The summed E-state index contributed by atoms with van der Waals surface area (Å²) in [6, 6.07) is 19.9. The zero-order valence-electron chi connectivity index (χ0n) is 18.3. The number of para-hydroxylation sites is 1. The van der Waals surface area contributed by atoms with Crippen molar-refractivity contribution in [1.29, 1.82) is 0 Å². The maximum absolute atomic E-state index is 13.0. The lowest BCUT2D eigenvalue weighted by Crippen LogP contribution is -2.17. The lowest BCUT2D eigenvalue weighted by atomic mass is 9.94. The third-order valence-corrected chi connectivity index (χ3v) is 5.92. The van der Waals surface area contributed by atoms with Crippen molar-refractivity contribution >= 4 is 46.2 Å². The smallest absolute Gasteiger partial charge is 0.330 e. The molecule has 172 valence electrons. The minimum atomic E-state index is -0.523. The molecule has 0 aliphatic rings. The number of aromatic amines is 1. The summed E-state index contributed by atoms with van der Waals surface area (Å²) in [6.45, 7) is 0.0156. The number of H-pyrrole nitrogens is 1. The first-order valence-corrected chi connectivity index (χ1v) is 11.3. The minimum absolute atomic E-state index is 0.0156. The van der Waals surface area contributed by atoms with Crippen LogP contribution in [0.3, 0.4) is 0 Å². The number of ether oxygens (including phenoxy) is 2. The van der Waals surface area contributed by atoms with Gasteiger partial charge in [0.1, 0.15) is 5.75 Å². The van der Waals surface area contributed by atoms with Crippen LogP contribution in [0.25, 0.3) is 28.1 Å². The van der Waals surface area contributed by atoms with Crippen molar-refractivity contribution in [3.8, 4) is 16.9 Å². The summed E-state index contributed by atoms with van der Waals surface area (Å²) in [5.74, 6) is 0.128. The van der Waals surface area contributed by atoms with Gasteiger partial charge in [0.15, 0.2) is 0 Å². The maximum Gasteiger partial charge on any atom is 0.330 e. The fourth-order valence-corrected chi connectivity index (χ4v) is 4.18. The van der Waals surface area contributed by atoms with E-state index in [9.17, 15) is 9.59 Å². The van der Waals surface area contributed by atoms with Gasteiger partial charge in [0.25, 0.3) is 5.56 Å². The van der Waals surface area contributed by atoms with Crippen LogP contribution in [-0.2, 0) is 16.0 Å². The van der Waals surface area contributed by atoms with E-state index in [0.717, 1.165) is 10.9 Å². The molecule has 4 rings (SSSR count). The Morgan fingerprint density at radius 2 is 1.79 bits per heavy atom. The van der Waals surface area contributed by atoms with Crippen LogP contribution >= 0.6 is 23.2 Å². The molecule has 34 heavy (non-hydrogen) atoms. The molecule has 5 nitrogen and oxygen atoms in total. The first-order chi connectivity index (χ1) is 16.5. The van der Waals surface area contributed by atoms with Crippen molar-refractivity contribution < 1.29 is 14.3 Å². The number of hydrogen-bond donors (Lipinski definition) is 1. The van der Waals surface area contributed by atoms with Crippen LogP contribution in [0.2, 0.25) is 10.0 Å². The molecular formula is C27H21Cl2NO4. The summed E-state index contributed by atoms with van der Waals surface area (Å²) >= 11 is 12.7. The predicted molar refractivity (Wildman–Crippen MR) is 137 cm³/mol. The number of rotatable bonds is 7. The number of methoxy groups -OCH3 is 1. The summed E-state index contributed by atoms with van der Waals surface area (Å²) in [6.07, 6.45) is 3.16. The van der Waals surface area contributed by atoms with Crippen LogP contribution in [0, 0.1) is 0 Å². The SMILES string of the molecule is COc1ccccc1/C=C/C(=O)OCCc1c(-c2ccccc2Cl)c2cc(Cl)ccc2[nH]c1=O. The quantitative estimate of drug-likeness (QED) is 0.242.